The van der Waals surface area contributed by atoms with Crippen LogP contribution in [0.4, 0.5) is 0 Å². The van der Waals surface area contributed by atoms with E-state index in [0.717, 1.165) is 65.6 Å². The lowest BCUT2D eigenvalue weighted by Gasteiger charge is -2.41. The summed E-state index contributed by atoms with van der Waals surface area (Å²) in [6.07, 6.45) is 0. The molecule has 2 amide bonds. The molecule has 1 aromatic heterocycles. The highest BCUT2D eigenvalue weighted by Crippen LogP contribution is 2.29. The monoisotopic (exact) mass is 499 g/mol. The van der Waals surface area contributed by atoms with Crippen LogP contribution in [0, 0.1) is 0 Å². The van der Waals surface area contributed by atoms with Crippen molar-refractivity contribution in [2.45, 2.75) is 25.6 Å². The molecule has 2 fully saturated rings. The first-order valence-corrected chi connectivity index (χ1v) is 13.4. The average molecular weight is 500 g/mol. The second kappa shape index (κ2) is 13.1. The Morgan fingerprint density at radius 3 is 2.37 bits per heavy atom. The molecule has 0 aliphatic carbocycles. The van der Waals surface area contributed by atoms with E-state index in [9.17, 15) is 9.59 Å². The second-order valence-electron chi connectivity index (χ2n) is 9.23. The van der Waals surface area contributed by atoms with E-state index in [0.29, 0.717) is 6.54 Å². The number of piperazine rings is 1. The molecule has 2 aliphatic rings. The minimum absolute atomic E-state index is 0.0407. The van der Waals surface area contributed by atoms with Gasteiger partial charge in [0.05, 0.1) is 19.3 Å². The van der Waals surface area contributed by atoms with Gasteiger partial charge in [0.15, 0.2) is 0 Å². The van der Waals surface area contributed by atoms with Crippen LogP contribution in [0.15, 0.2) is 47.8 Å². The molecule has 2 atom stereocenters. The summed E-state index contributed by atoms with van der Waals surface area (Å²) in [7, 11) is 0. The van der Waals surface area contributed by atoms with Crippen molar-refractivity contribution in [1.29, 1.82) is 0 Å². The van der Waals surface area contributed by atoms with Crippen molar-refractivity contribution < 1.29 is 14.3 Å². The van der Waals surface area contributed by atoms with Crippen LogP contribution in [0.5, 0.6) is 0 Å². The second-order valence-corrected chi connectivity index (χ2v) is 10.2. The number of nitrogens with one attached hydrogen (secondary N) is 2. The minimum atomic E-state index is -0.567. The van der Waals surface area contributed by atoms with Crippen LogP contribution in [0.2, 0.25) is 0 Å². The van der Waals surface area contributed by atoms with Crippen LogP contribution < -0.4 is 10.6 Å². The molecule has 1 aromatic carbocycles. The van der Waals surface area contributed by atoms with E-state index in [2.05, 4.69) is 61.0 Å². The summed E-state index contributed by atoms with van der Waals surface area (Å²) in [6.45, 7) is 11.1. The summed E-state index contributed by atoms with van der Waals surface area (Å²) in [6, 6.07) is 14.6. The van der Waals surface area contributed by atoms with E-state index in [-0.39, 0.29) is 12.1 Å². The number of thiophene rings is 1. The zero-order valence-corrected chi connectivity index (χ0v) is 21.3. The van der Waals surface area contributed by atoms with Crippen LogP contribution in [0.1, 0.15) is 23.4 Å². The quantitative estimate of drug-likeness (QED) is 0.510. The van der Waals surface area contributed by atoms with E-state index >= 15 is 0 Å². The Labute approximate surface area is 212 Å². The van der Waals surface area contributed by atoms with Crippen LogP contribution >= 0.6 is 11.3 Å². The molecule has 3 heterocycles. The third-order valence-electron chi connectivity index (χ3n) is 6.74. The fourth-order valence-electron chi connectivity index (χ4n) is 4.83. The van der Waals surface area contributed by atoms with E-state index in [1.54, 1.807) is 11.3 Å². The fourth-order valence-corrected chi connectivity index (χ4v) is 5.79. The molecule has 0 unspecified atom stereocenters. The van der Waals surface area contributed by atoms with Crippen molar-refractivity contribution in [3.8, 4) is 0 Å². The van der Waals surface area contributed by atoms with Gasteiger partial charge in [0.2, 0.25) is 0 Å². The molecule has 0 radical (unpaired) electrons. The summed E-state index contributed by atoms with van der Waals surface area (Å²) in [5, 5.41) is 7.81. The summed E-state index contributed by atoms with van der Waals surface area (Å²) >= 11 is 1.70. The van der Waals surface area contributed by atoms with Gasteiger partial charge in [-0.25, -0.2) is 0 Å². The molecule has 2 aliphatic heterocycles. The lowest BCUT2D eigenvalue weighted by Crippen LogP contribution is -2.53. The highest BCUT2D eigenvalue weighted by atomic mass is 32.1. The van der Waals surface area contributed by atoms with Gasteiger partial charge < -0.3 is 15.4 Å². The molecule has 2 aromatic rings. The Balaban J connectivity index is 1.28. The number of nitrogens with zero attached hydrogens (tertiary/aromatic N) is 3. The smallest absolute Gasteiger partial charge is 0.309 e. The highest BCUT2D eigenvalue weighted by molar-refractivity contribution is 7.10. The molecule has 0 spiro atoms. The van der Waals surface area contributed by atoms with Crippen molar-refractivity contribution in [2.24, 2.45) is 0 Å². The van der Waals surface area contributed by atoms with Gasteiger partial charge >= 0.3 is 11.8 Å². The Morgan fingerprint density at radius 2 is 1.69 bits per heavy atom. The van der Waals surface area contributed by atoms with Gasteiger partial charge in [0.1, 0.15) is 0 Å². The van der Waals surface area contributed by atoms with Crippen LogP contribution in [0.25, 0.3) is 0 Å². The molecule has 0 bridgehead atoms. The van der Waals surface area contributed by atoms with Crippen molar-refractivity contribution >= 4 is 23.2 Å². The van der Waals surface area contributed by atoms with Gasteiger partial charge in [-0.05, 0) is 23.9 Å². The van der Waals surface area contributed by atoms with Crippen molar-refractivity contribution in [1.82, 2.24) is 25.3 Å². The Bertz CT molecular complexity index is 912. The average Bonchev–Trinajstić information content (AvgIpc) is 3.41. The minimum Gasteiger partial charge on any atom is -0.379 e. The molecule has 4 rings (SSSR count). The molecular weight excluding hydrogens is 462 g/mol. The maximum atomic E-state index is 12.7. The van der Waals surface area contributed by atoms with E-state index < -0.39 is 11.8 Å². The van der Waals surface area contributed by atoms with Gasteiger partial charge in [-0.2, -0.15) is 0 Å². The SMILES string of the molecule is C[C@H](NC(=O)C(=O)NCCN1CCOCC1)[C@H](c1cccs1)N1CCN(Cc2ccccc2)CC1. The molecule has 2 N–H and O–H groups in total. The third-order valence-corrected chi connectivity index (χ3v) is 7.68. The summed E-state index contributed by atoms with van der Waals surface area (Å²) in [4.78, 5) is 33.5. The number of rotatable bonds is 9. The summed E-state index contributed by atoms with van der Waals surface area (Å²) in [5.74, 6) is -1.13. The molecule has 2 saturated heterocycles. The zero-order chi connectivity index (χ0) is 24.5. The number of amides is 2. The number of ether oxygens (including phenoxy) is 1. The van der Waals surface area contributed by atoms with Gasteiger partial charge in [0.25, 0.3) is 0 Å². The van der Waals surface area contributed by atoms with Crippen molar-refractivity contribution in [3.05, 3.63) is 58.3 Å². The largest absolute Gasteiger partial charge is 0.379 e. The topological polar surface area (TPSA) is 77.1 Å². The highest BCUT2D eigenvalue weighted by Gasteiger charge is 2.31. The molecule has 190 valence electrons. The molecule has 0 saturated carbocycles. The first-order chi connectivity index (χ1) is 17.1. The standard InChI is InChI=1S/C26H37N5O3S/c1-21(28-26(33)25(32)27-9-10-29-15-17-34-18-16-29)24(23-8-5-19-35-23)31-13-11-30(12-14-31)20-22-6-3-2-4-7-22/h2-8,19,21,24H,9-18,20H2,1H3,(H,27,32)(H,28,33)/t21-,24+/m0/s1. The van der Waals surface area contributed by atoms with Crippen LogP contribution in [-0.2, 0) is 20.9 Å². The summed E-state index contributed by atoms with van der Waals surface area (Å²) < 4.78 is 5.35. The number of carbonyl (C=O) groups is 2. The van der Waals surface area contributed by atoms with E-state index in [1.807, 2.05) is 19.1 Å². The predicted molar refractivity (Wildman–Crippen MR) is 138 cm³/mol. The number of hydrogen-bond donors (Lipinski definition) is 2. The fraction of sp³-hybridized carbons (Fsp3) is 0.538. The number of hydrogen-bond acceptors (Lipinski definition) is 7. The third kappa shape index (κ3) is 7.59. The maximum Gasteiger partial charge on any atom is 0.309 e. The van der Waals surface area contributed by atoms with Gasteiger partial charge in [-0.1, -0.05) is 36.4 Å². The van der Waals surface area contributed by atoms with Crippen LogP contribution in [-0.4, -0.2) is 98.1 Å². The maximum absolute atomic E-state index is 12.7. The molecule has 35 heavy (non-hydrogen) atoms. The Hall–Kier alpha value is -2.30. The van der Waals surface area contributed by atoms with Gasteiger partial charge in [-0.3, -0.25) is 24.3 Å². The zero-order valence-electron chi connectivity index (χ0n) is 20.5. The molecule has 9 heteroatoms. The van der Waals surface area contributed by atoms with E-state index in [4.69, 9.17) is 4.74 Å². The first-order valence-electron chi connectivity index (χ1n) is 12.5. The van der Waals surface area contributed by atoms with Gasteiger partial charge in [0, 0.05) is 69.8 Å². The first kappa shape index (κ1) is 25.8. The van der Waals surface area contributed by atoms with Gasteiger partial charge in [-0.15, -0.1) is 11.3 Å². The van der Waals surface area contributed by atoms with E-state index in [1.165, 1.54) is 10.4 Å². The van der Waals surface area contributed by atoms with Crippen LogP contribution in [0.3, 0.4) is 0 Å². The number of benzene rings is 1. The normalized spacial score (nSPS) is 19.7. The summed E-state index contributed by atoms with van der Waals surface area (Å²) in [5.41, 5.74) is 1.33. The lowest BCUT2D eigenvalue weighted by atomic mass is 10.0. The predicted octanol–water partition coefficient (Wildman–Crippen LogP) is 1.56. The number of carbonyl (C=O) groups excluding carboxylic acids is 2. The molecular formula is C26H37N5O3S. The molecule has 8 nitrogen and oxygen atoms in total. The Morgan fingerprint density at radius 1 is 0.943 bits per heavy atom. The number of morpholine rings is 1. The van der Waals surface area contributed by atoms with Crippen molar-refractivity contribution in [3.63, 3.8) is 0 Å². The lowest BCUT2D eigenvalue weighted by molar-refractivity contribution is -0.139. The van der Waals surface area contributed by atoms with Crippen molar-refractivity contribution in [2.75, 3.05) is 65.6 Å². The Kier molecular flexibility index (Phi) is 9.67.